The largest absolute Gasteiger partial charge is 0.318 e. The maximum absolute atomic E-state index is 10.9. The summed E-state index contributed by atoms with van der Waals surface area (Å²) < 4.78 is 0. The van der Waals surface area contributed by atoms with Crippen LogP contribution in [0.1, 0.15) is 37.5 Å². The standard InChI is InChI=1S/C13H18ClNO/c1-8-6-10(13(3,4)5)7-9(2)11(8)15-12(14)16/h6-7H,1-5H3,(H,15,16). The van der Waals surface area contributed by atoms with Crippen molar-refractivity contribution in [3.8, 4) is 0 Å². The molecule has 1 aromatic rings. The molecule has 0 aliphatic carbocycles. The minimum atomic E-state index is -0.547. The molecule has 3 heteroatoms. The number of benzene rings is 1. The van der Waals surface area contributed by atoms with Gasteiger partial charge in [-0.25, -0.2) is 0 Å². The van der Waals surface area contributed by atoms with Gasteiger partial charge in [-0.3, -0.25) is 4.79 Å². The molecule has 0 fully saturated rings. The first-order valence-corrected chi connectivity index (χ1v) is 5.68. The van der Waals surface area contributed by atoms with Crippen molar-refractivity contribution in [2.75, 3.05) is 5.32 Å². The van der Waals surface area contributed by atoms with E-state index in [1.807, 2.05) is 13.8 Å². The van der Waals surface area contributed by atoms with Crippen molar-refractivity contribution in [1.82, 2.24) is 0 Å². The SMILES string of the molecule is Cc1cc(C(C)(C)C)cc(C)c1NC(=O)Cl. The second-order valence-corrected chi connectivity index (χ2v) is 5.48. The summed E-state index contributed by atoms with van der Waals surface area (Å²) in [5, 5.41) is 2.10. The monoisotopic (exact) mass is 239 g/mol. The third kappa shape index (κ3) is 2.99. The Hall–Kier alpha value is -1.02. The second-order valence-electron chi connectivity index (χ2n) is 5.13. The van der Waals surface area contributed by atoms with Crippen LogP contribution in [0.15, 0.2) is 12.1 Å². The maximum atomic E-state index is 10.9. The van der Waals surface area contributed by atoms with Gasteiger partial charge in [-0.05, 0) is 47.6 Å². The van der Waals surface area contributed by atoms with Gasteiger partial charge < -0.3 is 5.32 Å². The molecule has 1 rings (SSSR count). The highest BCUT2D eigenvalue weighted by Crippen LogP contribution is 2.29. The van der Waals surface area contributed by atoms with Gasteiger partial charge in [-0.1, -0.05) is 32.9 Å². The van der Waals surface area contributed by atoms with Crippen LogP contribution in [-0.4, -0.2) is 5.37 Å². The first-order chi connectivity index (χ1) is 7.21. The van der Waals surface area contributed by atoms with E-state index in [-0.39, 0.29) is 5.41 Å². The molecule has 16 heavy (non-hydrogen) atoms. The number of anilines is 1. The van der Waals surface area contributed by atoms with Gasteiger partial charge in [0.05, 0.1) is 0 Å². The number of rotatable bonds is 1. The van der Waals surface area contributed by atoms with Gasteiger partial charge in [0, 0.05) is 5.69 Å². The fourth-order valence-corrected chi connectivity index (χ4v) is 1.79. The summed E-state index contributed by atoms with van der Waals surface area (Å²) in [4.78, 5) is 10.9. The fourth-order valence-electron chi connectivity index (χ4n) is 1.69. The smallest absolute Gasteiger partial charge is 0.312 e. The van der Waals surface area contributed by atoms with E-state index in [0.717, 1.165) is 16.8 Å². The third-order valence-corrected chi connectivity index (χ3v) is 2.72. The van der Waals surface area contributed by atoms with E-state index >= 15 is 0 Å². The normalized spacial score (nSPS) is 11.4. The van der Waals surface area contributed by atoms with Crippen LogP contribution in [-0.2, 0) is 5.41 Å². The molecule has 1 N–H and O–H groups in total. The minimum absolute atomic E-state index is 0.110. The first-order valence-electron chi connectivity index (χ1n) is 5.30. The molecule has 1 amide bonds. The van der Waals surface area contributed by atoms with E-state index < -0.39 is 5.37 Å². The lowest BCUT2D eigenvalue weighted by Gasteiger charge is -2.22. The molecule has 2 nitrogen and oxygen atoms in total. The number of halogens is 1. The molecule has 1 aromatic carbocycles. The van der Waals surface area contributed by atoms with E-state index in [2.05, 4.69) is 38.2 Å². The van der Waals surface area contributed by atoms with Crippen LogP contribution < -0.4 is 5.32 Å². The number of amides is 1. The molecule has 0 aromatic heterocycles. The van der Waals surface area contributed by atoms with Crippen molar-refractivity contribution in [3.63, 3.8) is 0 Å². The Balaban J connectivity index is 3.23. The highest BCUT2D eigenvalue weighted by Gasteiger charge is 2.16. The number of hydrogen-bond donors (Lipinski definition) is 1. The quantitative estimate of drug-likeness (QED) is 0.572. The molecular formula is C13H18ClNO. The summed E-state index contributed by atoms with van der Waals surface area (Å²) in [5.74, 6) is 0. The predicted octanol–water partition coefficient (Wildman–Crippen LogP) is 4.37. The Morgan fingerprint density at radius 1 is 1.19 bits per heavy atom. The van der Waals surface area contributed by atoms with Crippen molar-refractivity contribution < 1.29 is 4.79 Å². The molecule has 0 atom stereocenters. The van der Waals surface area contributed by atoms with E-state index in [1.165, 1.54) is 5.56 Å². The molecule has 0 unspecified atom stereocenters. The summed E-state index contributed by atoms with van der Waals surface area (Å²) in [5.41, 5.74) is 4.26. The van der Waals surface area contributed by atoms with E-state index in [4.69, 9.17) is 11.6 Å². The van der Waals surface area contributed by atoms with Crippen molar-refractivity contribution in [2.24, 2.45) is 0 Å². The average Bonchev–Trinajstić information content (AvgIpc) is 2.09. The molecule has 88 valence electrons. The van der Waals surface area contributed by atoms with Gasteiger partial charge in [0.1, 0.15) is 0 Å². The second kappa shape index (κ2) is 4.46. The number of hydrogen-bond acceptors (Lipinski definition) is 1. The number of nitrogens with one attached hydrogen (secondary N) is 1. The van der Waals surface area contributed by atoms with Gasteiger partial charge in [-0.15, -0.1) is 0 Å². The topological polar surface area (TPSA) is 29.1 Å². The molecule has 0 radical (unpaired) electrons. The number of carbonyl (C=O) groups excluding carboxylic acids is 1. The van der Waals surface area contributed by atoms with E-state index in [1.54, 1.807) is 0 Å². The summed E-state index contributed by atoms with van der Waals surface area (Å²) in [6.45, 7) is 10.5. The molecule has 0 aliphatic rings. The van der Waals surface area contributed by atoms with Crippen molar-refractivity contribution in [2.45, 2.75) is 40.0 Å². The minimum Gasteiger partial charge on any atom is -0.312 e. The summed E-state index contributed by atoms with van der Waals surface area (Å²) in [7, 11) is 0. The Bertz CT molecular complexity index is 395. The van der Waals surface area contributed by atoms with Gasteiger partial charge in [0.2, 0.25) is 0 Å². The lowest BCUT2D eigenvalue weighted by molar-refractivity contribution is 0.269. The Morgan fingerprint density at radius 3 is 1.94 bits per heavy atom. The Labute approximate surface area is 102 Å². The molecule has 0 saturated heterocycles. The van der Waals surface area contributed by atoms with Gasteiger partial charge in [0.15, 0.2) is 0 Å². The third-order valence-electron chi connectivity index (χ3n) is 2.62. The van der Waals surface area contributed by atoms with Gasteiger partial charge in [-0.2, -0.15) is 0 Å². The molecule has 0 heterocycles. The molecule has 0 aliphatic heterocycles. The predicted molar refractivity (Wildman–Crippen MR) is 69.5 cm³/mol. The summed E-state index contributed by atoms with van der Waals surface area (Å²) in [6, 6.07) is 4.18. The highest BCUT2D eigenvalue weighted by atomic mass is 35.5. The summed E-state index contributed by atoms with van der Waals surface area (Å²) in [6.07, 6.45) is 0. The van der Waals surface area contributed by atoms with Crippen LogP contribution >= 0.6 is 11.6 Å². The van der Waals surface area contributed by atoms with E-state index in [0.29, 0.717) is 0 Å². The number of aryl methyl sites for hydroxylation is 2. The summed E-state index contributed by atoms with van der Waals surface area (Å²) >= 11 is 5.34. The zero-order valence-electron chi connectivity index (χ0n) is 10.4. The molecule has 0 bridgehead atoms. The van der Waals surface area contributed by atoms with Crippen LogP contribution in [0.3, 0.4) is 0 Å². The van der Waals surface area contributed by atoms with Crippen LogP contribution in [0.2, 0.25) is 0 Å². The molecule has 0 spiro atoms. The van der Waals surface area contributed by atoms with Gasteiger partial charge in [0.25, 0.3) is 0 Å². The Kier molecular flexibility index (Phi) is 3.64. The zero-order chi connectivity index (χ0) is 12.5. The molecule has 0 saturated carbocycles. The zero-order valence-corrected chi connectivity index (χ0v) is 11.2. The number of carbonyl (C=O) groups is 1. The molecular weight excluding hydrogens is 222 g/mol. The van der Waals surface area contributed by atoms with Crippen molar-refractivity contribution >= 4 is 22.7 Å². The van der Waals surface area contributed by atoms with Gasteiger partial charge >= 0.3 is 5.37 Å². The van der Waals surface area contributed by atoms with Crippen molar-refractivity contribution in [1.29, 1.82) is 0 Å². The highest BCUT2D eigenvalue weighted by molar-refractivity contribution is 6.65. The lowest BCUT2D eigenvalue weighted by Crippen LogP contribution is -2.13. The lowest BCUT2D eigenvalue weighted by atomic mass is 9.85. The maximum Gasteiger partial charge on any atom is 0.318 e. The van der Waals surface area contributed by atoms with Crippen molar-refractivity contribution in [3.05, 3.63) is 28.8 Å². The first kappa shape index (κ1) is 13.0. The Morgan fingerprint density at radius 2 is 1.62 bits per heavy atom. The van der Waals surface area contributed by atoms with Crippen LogP contribution in [0.25, 0.3) is 0 Å². The van der Waals surface area contributed by atoms with Crippen LogP contribution in [0, 0.1) is 13.8 Å². The van der Waals surface area contributed by atoms with E-state index in [9.17, 15) is 4.79 Å². The average molecular weight is 240 g/mol. The van der Waals surface area contributed by atoms with Crippen LogP contribution in [0.5, 0.6) is 0 Å². The van der Waals surface area contributed by atoms with Crippen LogP contribution in [0.4, 0.5) is 10.5 Å². The fraction of sp³-hybridized carbons (Fsp3) is 0.462.